The summed E-state index contributed by atoms with van der Waals surface area (Å²) in [7, 11) is 1.37. The lowest BCUT2D eigenvalue weighted by Crippen LogP contribution is -2.02. The number of hydrogen-bond acceptors (Lipinski definition) is 3. The zero-order chi connectivity index (χ0) is 10.7. The molecule has 0 spiro atoms. The van der Waals surface area contributed by atoms with Crippen LogP contribution < -0.4 is 4.74 Å². The van der Waals surface area contributed by atoms with Gasteiger partial charge in [0.25, 0.3) is 0 Å². The highest BCUT2D eigenvalue weighted by molar-refractivity contribution is 5.89. The molecule has 0 unspecified atom stereocenters. The van der Waals surface area contributed by atoms with Gasteiger partial charge in [-0.1, -0.05) is 0 Å². The number of rotatable bonds is 4. The molecule has 0 N–H and O–H groups in total. The smallest absolute Gasteiger partial charge is 0.337 e. The molecule has 0 aliphatic heterocycles. The first-order valence-electron chi connectivity index (χ1n) is 5.11. The van der Waals surface area contributed by atoms with Crippen molar-refractivity contribution < 1.29 is 14.3 Å². The fraction of sp³-hybridized carbons (Fsp3) is 0.417. The lowest BCUT2D eigenvalue weighted by atomic mass is 10.2. The van der Waals surface area contributed by atoms with Crippen LogP contribution in [0.2, 0.25) is 0 Å². The molecule has 3 nitrogen and oxygen atoms in total. The van der Waals surface area contributed by atoms with E-state index >= 15 is 0 Å². The summed E-state index contributed by atoms with van der Waals surface area (Å²) in [5.74, 6) is 1.24. The summed E-state index contributed by atoms with van der Waals surface area (Å²) in [5, 5.41) is 0. The van der Waals surface area contributed by atoms with Crippen LogP contribution >= 0.6 is 0 Å². The standard InChI is InChI=1S/C12H14O3/c1-14-12(13)10-4-6-11(7-5-10)15-8-9-2-3-9/h4-7,9H,2-3,8H2,1H3. The van der Waals surface area contributed by atoms with Gasteiger partial charge in [-0.05, 0) is 43.0 Å². The fourth-order valence-electron chi connectivity index (χ4n) is 1.30. The highest BCUT2D eigenvalue weighted by atomic mass is 16.5. The van der Waals surface area contributed by atoms with Crippen molar-refractivity contribution in [2.24, 2.45) is 5.92 Å². The molecule has 1 aromatic carbocycles. The third-order valence-electron chi connectivity index (χ3n) is 2.46. The van der Waals surface area contributed by atoms with Crippen molar-refractivity contribution in [2.75, 3.05) is 13.7 Å². The second kappa shape index (κ2) is 4.34. The molecule has 0 atom stereocenters. The third kappa shape index (κ3) is 2.72. The molecule has 80 valence electrons. The summed E-state index contributed by atoms with van der Waals surface area (Å²) in [5.41, 5.74) is 0.552. The van der Waals surface area contributed by atoms with Crippen LogP contribution in [0.3, 0.4) is 0 Å². The lowest BCUT2D eigenvalue weighted by molar-refractivity contribution is 0.0600. The number of methoxy groups -OCH3 is 1. The molecular formula is C12H14O3. The van der Waals surface area contributed by atoms with E-state index < -0.39 is 0 Å². The highest BCUT2D eigenvalue weighted by Gasteiger charge is 2.21. The summed E-state index contributed by atoms with van der Waals surface area (Å²) >= 11 is 0. The fourth-order valence-corrected chi connectivity index (χ4v) is 1.30. The zero-order valence-corrected chi connectivity index (χ0v) is 8.73. The molecule has 1 aliphatic carbocycles. The minimum atomic E-state index is -0.316. The Labute approximate surface area is 89.0 Å². The Morgan fingerprint density at radius 2 is 2.00 bits per heavy atom. The molecule has 1 aliphatic rings. The molecule has 0 saturated heterocycles. The van der Waals surface area contributed by atoms with Crippen molar-refractivity contribution in [3.05, 3.63) is 29.8 Å². The summed E-state index contributed by atoms with van der Waals surface area (Å²) in [4.78, 5) is 11.1. The maximum Gasteiger partial charge on any atom is 0.337 e. The van der Waals surface area contributed by atoms with E-state index in [1.807, 2.05) is 0 Å². The van der Waals surface area contributed by atoms with Gasteiger partial charge < -0.3 is 9.47 Å². The largest absolute Gasteiger partial charge is 0.493 e. The molecule has 15 heavy (non-hydrogen) atoms. The molecule has 1 aromatic rings. The summed E-state index contributed by atoms with van der Waals surface area (Å²) in [6, 6.07) is 7.03. The maximum atomic E-state index is 11.1. The first kappa shape index (κ1) is 10.0. The Balaban J connectivity index is 1.93. The van der Waals surface area contributed by atoms with Crippen molar-refractivity contribution in [1.29, 1.82) is 0 Å². The van der Waals surface area contributed by atoms with Gasteiger partial charge in [-0.2, -0.15) is 0 Å². The van der Waals surface area contributed by atoms with E-state index in [1.54, 1.807) is 24.3 Å². The molecule has 1 fully saturated rings. The molecule has 0 bridgehead atoms. The summed E-state index contributed by atoms with van der Waals surface area (Å²) in [6.45, 7) is 0.789. The minimum Gasteiger partial charge on any atom is -0.493 e. The molecule has 1 saturated carbocycles. The van der Waals surface area contributed by atoms with Crippen molar-refractivity contribution in [1.82, 2.24) is 0 Å². The number of carbonyl (C=O) groups excluding carboxylic acids is 1. The molecule has 3 heteroatoms. The van der Waals surface area contributed by atoms with Crippen molar-refractivity contribution in [3.63, 3.8) is 0 Å². The van der Waals surface area contributed by atoms with E-state index in [1.165, 1.54) is 20.0 Å². The van der Waals surface area contributed by atoms with Gasteiger partial charge in [-0.3, -0.25) is 0 Å². The number of carbonyl (C=O) groups is 1. The lowest BCUT2D eigenvalue weighted by Gasteiger charge is -2.05. The second-order valence-corrected chi connectivity index (χ2v) is 3.77. The summed E-state index contributed by atoms with van der Waals surface area (Å²) in [6.07, 6.45) is 2.56. The average molecular weight is 206 g/mol. The normalized spacial score (nSPS) is 14.7. The Morgan fingerprint density at radius 1 is 1.33 bits per heavy atom. The van der Waals surface area contributed by atoms with Gasteiger partial charge in [-0.15, -0.1) is 0 Å². The average Bonchev–Trinajstić information content (AvgIpc) is 3.10. The van der Waals surface area contributed by atoms with Crippen LogP contribution in [0.1, 0.15) is 23.2 Å². The van der Waals surface area contributed by atoms with Gasteiger partial charge in [0, 0.05) is 0 Å². The quantitative estimate of drug-likeness (QED) is 0.709. The van der Waals surface area contributed by atoms with E-state index in [0.717, 1.165) is 18.3 Å². The highest BCUT2D eigenvalue weighted by Crippen LogP contribution is 2.29. The monoisotopic (exact) mass is 206 g/mol. The maximum absolute atomic E-state index is 11.1. The Bertz CT molecular complexity index is 338. The third-order valence-corrected chi connectivity index (χ3v) is 2.46. The first-order chi connectivity index (χ1) is 7.29. The molecule has 2 rings (SSSR count). The Morgan fingerprint density at radius 3 is 2.53 bits per heavy atom. The van der Waals surface area contributed by atoms with E-state index in [2.05, 4.69) is 4.74 Å². The zero-order valence-electron chi connectivity index (χ0n) is 8.73. The topological polar surface area (TPSA) is 35.5 Å². The predicted octanol–water partition coefficient (Wildman–Crippen LogP) is 2.26. The van der Waals surface area contributed by atoms with Gasteiger partial charge in [0.15, 0.2) is 0 Å². The first-order valence-corrected chi connectivity index (χ1v) is 5.11. The Kier molecular flexibility index (Phi) is 2.90. The van der Waals surface area contributed by atoms with Gasteiger partial charge in [-0.25, -0.2) is 4.79 Å². The molecule has 0 amide bonds. The van der Waals surface area contributed by atoms with Crippen LogP contribution in [0.15, 0.2) is 24.3 Å². The van der Waals surface area contributed by atoms with Crippen LogP contribution in [0, 0.1) is 5.92 Å². The van der Waals surface area contributed by atoms with Crippen molar-refractivity contribution in [3.8, 4) is 5.75 Å². The molecule has 0 aromatic heterocycles. The molecule has 0 heterocycles. The van der Waals surface area contributed by atoms with Gasteiger partial charge in [0.1, 0.15) is 5.75 Å². The minimum absolute atomic E-state index is 0.316. The van der Waals surface area contributed by atoms with Crippen LogP contribution in [0.5, 0.6) is 5.75 Å². The van der Waals surface area contributed by atoms with E-state index in [0.29, 0.717) is 5.56 Å². The number of esters is 1. The number of benzene rings is 1. The predicted molar refractivity (Wildman–Crippen MR) is 56.0 cm³/mol. The van der Waals surface area contributed by atoms with Gasteiger partial charge in [0.05, 0.1) is 19.3 Å². The van der Waals surface area contributed by atoms with Crippen molar-refractivity contribution in [2.45, 2.75) is 12.8 Å². The van der Waals surface area contributed by atoms with E-state index in [9.17, 15) is 4.79 Å². The van der Waals surface area contributed by atoms with E-state index in [4.69, 9.17) is 4.74 Å². The van der Waals surface area contributed by atoms with E-state index in [-0.39, 0.29) is 5.97 Å². The van der Waals surface area contributed by atoms with Crippen molar-refractivity contribution >= 4 is 5.97 Å². The Hall–Kier alpha value is -1.51. The summed E-state index contributed by atoms with van der Waals surface area (Å²) < 4.78 is 10.2. The van der Waals surface area contributed by atoms with Gasteiger partial charge >= 0.3 is 5.97 Å². The van der Waals surface area contributed by atoms with Gasteiger partial charge in [0.2, 0.25) is 0 Å². The number of hydrogen-bond donors (Lipinski definition) is 0. The number of ether oxygens (including phenoxy) is 2. The molecule has 0 radical (unpaired) electrons. The molecular weight excluding hydrogens is 192 g/mol. The SMILES string of the molecule is COC(=O)c1ccc(OCC2CC2)cc1. The van der Waals surface area contributed by atoms with Crippen LogP contribution in [-0.2, 0) is 4.74 Å². The van der Waals surface area contributed by atoms with Crippen LogP contribution in [0.4, 0.5) is 0 Å². The second-order valence-electron chi connectivity index (χ2n) is 3.77. The van der Waals surface area contributed by atoms with Crippen LogP contribution in [0.25, 0.3) is 0 Å². The van der Waals surface area contributed by atoms with Crippen LogP contribution in [-0.4, -0.2) is 19.7 Å².